The number of hydrogen-bond acceptors (Lipinski definition) is 7. The smallest absolute Gasteiger partial charge is 0.435 e. The molecule has 3 rings (SSSR count). The van der Waals surface area contributed by atoms with E-state index in [9.17, 15) is 14.5 Å². The second-order valence-electron chi connectivity index (χ2n) is 9.44. The van der Waals surface area contributed by atoms with Crippen LogP contribution < -0.4 is 0 Å². The van der Waals surface area contributed by atoms with Crippen LogP contribution in [0, 0.1) is 4.91 Å². The van der Waals surface area contributed by atoms with Crippen LogP contribution >= 0.6 is 0 Å². The van der Waals surface area contributed by atoms with E-state index in [2.05, 4.69) is 10.3 Å². The molecule has 2 heterocycles. The molecule has 1 amide bonds. The first-order valence-corrected chi connectivity index (χ1v) is 10.1. The van der Waals surface area contributed by atoms with Crippen molar-refractivity contribution >= 4 is 34.3 Å². The van der Waals surface area contributed by atoms with Crippen LogP contribution in [0.25, 0.3) is 16.5 Å². The molecule has 31 heavy (non-hydrogen) atoms. The highest BCUT2D eigenvalue weighted by Gasteiger charge is 2.27. The number of nitrogens with zero attached hydrogens (tertiary/aromatic N) is 4. The van der Waals surface area contributed by atoms with Gasteiger partial charge in [-0.1, -0.05) is 6.08 Å². The maximum Gasteiger partial charge on any atom is 0.435 e. The van der Waals surface area contributed by atoms with Crippen LogP contribution in [0.5, 0.6) is 0 Å². The molecule has 0 spiro atoms. The molecular weight excluding hydrogens is 400 g/mol. The zero-order valence-corrected chi connectivity index (χ0v) is 18.8. The molecule has 0 saturated carbocycles. The monoisotopic (exact) mass is 428 g/mol. The predicted octanol–water partition coefficient (Wildman–Crippen LogP) is 5.24. The quantitative estimate of drug-likeness (QED) is 0.606. The van der Waals surface area contributed by atoms with Crippen LogP contribution in [0.2, 0.25) is 0 Å². The Morgan fingerprint density at radius 2 is 1.68 bits per heavy atom. The number of carbonyl (C=O) groups excluding carboxylic acids is 2. The maximum atomic E-state index is 12.7. The van der Waals surface area contributed by atoms with Crippen molar-refractivity contribution in [3.63, 3.8) is 0 Å². The lowest BCUT2D eigenvalue weighted by Crippen LogP contribution is -2.39. The number of amides is 1. The first kappa shape index (κ1) is 22.5. The minimum atomic E-state index is -0.683. The zero-order valence-electron chi connectivity index (χ0n) is 18.8. The Morgan fingerprint density at radius 1 is 1.03 bits per heavy atom. The van der Waals surface area contributed by atoms with Gasteiger partial charge in [0.25, 0.3) is 0 Å². The molecule has 1 aromatic carbocycles. The average Bonchev–Trinajstić information content (AvgIpc) is 3.04. The largest absolute Gasteiger partial charge is 0.444 e. The Bertz CT molecular complexity index is 1060. The third-order valence-electron chi connectivity index (χ3n) is 4.50. The highest BCUT2D eigenvalue weighted by Crippen LogP contribution is 2.32. The lowest BCUT2D eigenvalue weighted by Gasteiger charge is -2.29. The van der Waals surface area contributed by atoms with Gasteiger partial charge >= 0.3 is 12.2 Å². The highest BCUT2D eigenvalue weighted by atomic mass is 16.6. The first-order chi connectivity index (χ1) is 14.4. The lowest BCUT2D eigenvalue weighted by molar-refractivity contribution is 0.0270. The third-order valence-corrected chi connectivity index (χ3v) is 4.50. The lowest BCUT2D eigenvalue weighted by atomic mass is 10.0. The Labute approximate surface area is 181 Å². The van der Waals surface area contributed by atoms with Crippen LogP contribution in [0.15, 0.2) is 29.5 Å². The van der Waals surface area contributed by atoms with Crippen molar-refractivity contribution in [2.45, 2.75) is 59.2 Å². The van der Waals surface area contributed by atoms with E-state index in [1.165, 1.54) is 10.7 Å². The SMILES string of the molecule is CC(C)(C)OC(=O)N1CC=C(c2nn(C(=O)OC(C)(C)C)c3ccc(N=O)cc23)CC1. The molecule has 1 aliphatic rings. The second-order valence-corrected chi connectivity index (χ2v) is 9.44. The maximum absolute atomic E-state index is 12.7. The highest BCUT2D eigenvalue weighted by molar-refractivity contribution is 5.97. The van der Waals surface area contributed by atoms with E-state index in [4.69, 9.17) is 9.47 Å². The molecule has 0 unspecified atom stereocenters. The molecule has 9 heteroatoms. The Morgan fingerprint density at radius 3 is 2.23 bits per heavy atom. The van der Waals surface area contributed by atoms with Crippen molar-refractivity contribution in [3.8, 4) is 0 Å². The summed E-state index contributed by atoms with van der Waals surface area (Å²) in [6.07, 6.45) is 1.43. The summed E-state index contributed by atoms with van der Waals surface area (Å²) in [6.45, 7) is 11.6. The van der Waals surface area contributed by atoms with Crippen LogP contribution in [-0.4, -0.2) is 51.2 Å². The predicted molar refractivity (Wildman–Crippen MR) is 117 cm³/mol. The summed E-state index contributed by atoms with van der Waals surface area (Å²) in [5.41, 5.74) is 0.946. The number of aromatic nitrogens is 2. The summed E-state index contributed by atoms with van der Waals surface area (Å²) < 4.78 is 12.1. The summed E-state index contributed by atoms with van der Waals surface area (Å²) in [7, 11) is 0. The molecular formula is C22H28N4O5. The van der Waals surface area contributed by atoms with E-state index >= 15 is 0 Å². The standard InChI is InChI=1S/C22H28N4O5/c1-21(2,3)30-19(27)25-11-9-14(10-12-25)18-16-13-15(24-29)7-8-17(16)26(23-18)20(28)31-22(4,5)6/h7-9,13H,10-12H2,1-6H3. The van der Waals surface area contributed by atoms with Gasteiger partial charge in [0.2, 0.25) is 0 Å². The van der Waals surface area contributed by atoms with Gasteiger partial charge in [-0.15, -0.1) is 4.91 Å². The normalized spacial score (nSPS) is 14.9. The molecule has 1 aromatic heterocycles. The summed E-state index contributed by atoms with van der Waals surface area (Å²) in [6, 6.07) is 4.76. The van der Waals surface area contributed by atoms with Gasteiger partial charge in [0.1, 0.15) is 16.9 Å². The number of ether oxygens (including phenoxy) is 2. The zero-order chi connectivity index (χ0) is 23.0. The number of nitroso groups, excluding NO2 is 1. The van der Waals surface area contributed by atoms with E-state index < -0.39 is 17.3 Å². The van der Waals surface area contributed by atoms with E-state index in [1.807, 2.05) is 26.8 Å². The van der Waals surface area contributed by atoms with Crippen molar-refractivity contribution in [1.29, 1.82) is 0 Å². The molecule has 9 nitrogen and oxygen atoms in total. The van der Waals surface area contributed by atoms with Crippen LogP contribution in [0.4, 0.5) is 15.3 Å². The molecule has 0 saturated heterocycles. The Kier molecular flexibility index (Phi) is 5.89. The van der Waals surface area contributed by atoms with Gasteiger partial charge < -0.3 is 14.4 Å². The van der Waals surface area contributed by atoms with Gasteiger partial charge in [0, 0.05) is 18.5 Å². The average molecular weight is 428 g/mol. The molecule has 0 atom stereocenters. The Balaban J connectivity index is 1.96. The van der Waals surface area contributed by atoms with E-state index in [1.54, 1.807) is 37.8 Å². The fourth-order valence-electron chi connectivity index (χ4n) is 3.22. The van der Waals surface area contributed by atoms with Crippen LogP contribution in [-0.2, 0) is 9.47 Å². The molecule has 1 aliphatic heterocycles. The third kappa shape index (κ3) is 5.28. The number of benzene rings is 1. The minimum Gasteiger partial charge on any atom is -0.444 e. The summed E-state index contributed by atoms with van der Waals surface area (Å²) in [5, 5.41) is 8.12. The molecule has 166 valence electrons. The van der Waals surface area contributed by atoms with Crippen molar-refractivity contribution < 1.29 is 19.1 Å². The van der Waals surface area contributed by atoms with E-state index in [-0.39, 0.29) is 11.8 Å². The van der Waals surface area contributed by atoms with Crippen molar-refractivity contribution in [3.05, 3.63) is 34.9 Å². The van der Waals surface area contributed by atoms with Gasteiger partial charge in [0.05, 0.1) is 11.2 Å². The molecule has 0 N–H and O–H groups in total. The van der Waals surface area contributed by atoms with Crippen LogP contribution in [0.1, 0.15) is 53.7 Å². The van der Waals surface area contributed by atoms with Gasteiger partial charge in [-0.3, -0.25) is 0 Å². The van der Waals surface area contributed by atoms with Crippen molar-refractivity contribution in [2.24, 2.45) is 5.18 Å². The molecule has 2 aromatic rings. The summed E-state index contributed by atoms with van der Waals surface area (Å²) in [4.78, 5) is 37.7. The topological polar surface area (TPSA) is 103 Å². The second kappa shape index (κ2) is 8.13. The van der Waals surface area contributed by atoms with Crippen molar-refractivity contribution in [2.75, 3.05) is 13.1 Å². The first-order valence-electron chi connectivity index (χ1n) is 10.1. The summed E-state index contributed by atoms with van der Waals surface area (Å²) in [5.74, 6) is 0. The fourth-order valence-corrected chi connectivity index (χ4v) is 3.22. The minimum absolute atomic E-state index is 0.240. The van der Waals surface area contributed by atoms with Crippen molar-refractivity contribution in [1.82, 2.24) is 14.7 Å². The number of carbonyl (C=O) groups is 2. The van der Waals surface area contributed by atoms with Gasteiger partial charge in [0.15, 0.2) is 0 Å². The summed E-state index contributed by atoms with van der Waals surface area (Å²) >= 11 is 0. The van der Waals surface area contributed by atoms with Crippen LogP contribution in [0.3, 0.4) is 0 Å². The van der Waals surface area contributed by atoms with E-state index in [0.717, 1.165) is 5.57 Å². The van der Waals surface area contributed by atoms with E-state index in [0.29, 0.717) is 36.1 Å². The molecule has 0 aliphatic carbocycles. The number of hydrogen-bond donors (Lipinski definition) is 0. The number of rotatable bonds is 2. The van der Waals surface area contributed by atoms with Gasteiger partial charge in [-0.25, -0.2) is 9.59 Å². The fraction of sp³-hybridized carbons (Fsp3) is 0.500. The Hall–Kier alpha value is -3.23. The van der Waals surface area contributed by atoms with Gasteiger partial charge in [-0.05, 0) is 76.9 Å². The molecule has 0 fully saturated rings. The number of fused-ring (bicyclic) bond motifs is 1. The molecule has 0 bridgehead atoms. The van der Waals surface area contributed by atoms with Gasteiger partial charge in [-0.2, -0.15) is 9.78 Å². The molecule has 0 radical (unpaired) electrons.